The second kappa shape index (κ2) is 9.06. The van der Waals surface area contributed by atoms with E-state index in [1.165, 1.54) is 11.0 Å². The highest BCUT2D eigenvalue weighted by atomic mass is 19.4. The summed E-state index contributed by atoms with van der Waals surface area (Å²) in [6.45, 7) is -0.317. The van der Waals surface area contributed by atoms with Gasteiger partial charge in [-0.05, 0) is 60.2 Å². The largest absolute Gasteiger partial charge is 0.401 e. The number of carbonyl (C=O) groups is 1. The molecule has 0 atom stereocenters. The molecular weight excluding hydrogens is 443 g/mol. The molecule has 1 aliphatic heterocycles. The zero-order valence-electron chi connectivity index (χ0n) is 18.4. The molecule has 1 N–H and O–H groups in total. The third-order valence-electron chi connectivity index (χ3n) is 6.07. The molecule has 0 radical (unpaired) electrons. The summed E-state index contributed by atoms with van der Waals surface area (Å²) in [5.41, 5.74) is 5.17. The van der Waals surface area contributed by atoms with E-state index in [4.69, 9.17) is 0 Å². The Morgan fingerprint density at radius 2 is 2.03 bits per heavy atom. The van der Waals surface area contributed by atoms with Gasteiger partial charge >= 0.3 is 6.18 Å². The topological polar surface area (TPSA) is 63.1 Å². The van der Waals surface area contributed by atoms with Gasteiger partial charge in [-0.1, -0.05) is 6.07 Å². The molecule has 34 heavy (non-hydrogen) atoms. The molecule has 0 unspecified atom stereocenters. The number of anilines is 1. The van der Waals surface area contributed by atoms with Crippen LogP contribution >= 0.6 is 0 Å². The highest BCUT2D eigenvalue weighted by molar-refractivity contribution is 6.02. The number of nitrogens with zero attached hydrogens (tertiary/aromatic N) is 4. The van der Waals surface area contributed by atoms with Gasteiger partial charge in [-0.2, -0.15) is 18.3 Å². The van der Waals surface area contributed by atoms with Crippen molar-refractivity contribution in [3.05, 3.63) is 71.8 Å². The van der Waals surface area contributed by atoms with E-state index in [0.29, 0.717) is 24.7 Å². The normalized spacial score (nSPS) is 16.6. The number of fused-ring (bicyclic) bond motifs is 1. The van der Waals surface area contributed by atoms with Gasteiger partial charge in [0.15, 0.2) is 0 Å². The molecule has 0 spiro atoms. The quantitative estimate of drug-likeness (QED) is 0.527. The van der Waals surface area contributed by atoms with Gasteiger partial charge in [0.25, 0.3) is 0 Å². The number of hydrogen-bond acceptors (Lipinski definition) is 4. The van der Waals surface area contributed by atoms with Crippen LogP contribution in [0.3, 0.4) is 0 Å². The second-order valence-electron chi connectivity index (χ2n) is 8.79. The van der Waals surface area contributed by atoms with E-state index in [-0.39, 0.29) is 12.5 Å². The Morgan fingerprint density at radius 1 is 1.18 bits per heavy atom. The number of alkyl halides is 3. The van der Waals surface area contributed by atoms with Crippen LogP contribution in [-0.4, -0.2) is 44.8 Å². The van der Waals surface area contributed by atoms with Crippen molar-refractivity contribution in [1.29, 1.82) is 0 Å². The van der Waals surface area contributed by atoms with Crippen LogP contribution in [-0.2, 0) is 17.8 Å². The number of rotatable bonds is 6. The molecule has 1 aliphatic carbocycles. The van der Waals surface area contributed by atoms with Crippen LogP contribution in [0.25, 0.3) is 17.2 Å². The first-order valence-electron chi connectivity index (χ1n) is 11.2. The van der Waals surface area contributed by atoms with E-state index in [1.807, 2.05) is 29.2 Å². The standard InChI is InChI=1S/C25H24F3N5O/c26-25(27,28)16-32-10-8-17-11-21(3-1-19(17)14-32)31-24(34)6-2-18-12-29-9-7-23(18)20-13-30-33(15-20)22-4-5-22/h1-3,6-7,9,11-13,15,22H,4-5,8,10,14,16H2,(H,31,34)/b6-2+. The smallest absolute Gasteiger partial charge is 0.323 e. The monoisotopic (exact) mass is 467 g/mol. The number of benzene rings is 1. The van der Waals surface area contributed by atoms with Gasteiger partial charge in [0, 0.05) is 54.6 Å². The SMILES string of the molecule is O=C(/C=C/c1cnccc1-c1cnn(C2CC2)c1)Nc1ccc2c(c1)CCN(CC(F)(F)F)C2. The molecule has 176 valence electrons. The number of nitrogens with one attached hydrogen (secondary N) is 1. The summed E-state index contributed by atoms with van der Waals surface area (Å²) >= 11 is 0. The summed E-state index contributed by atoms with van der Waals surface area (Å²) in [4.78, 5) is 18.1. The number of pyridine rings is 1. The maximum Gasteiger partial charge on any atom is 0.401 e. The van der Waals surface area contributed by atoms with E-state index < -0.39 is 12.7 Å². The van der Waals surface area contributed by atoms with E-state index in [9.17, 15) is 18.0 Å². The summed E-state index contributed by atoms with van der Waals surface area (Å²) in [5.74, 6) is -0.294. The molecule has 1 saturated carbocycles. The number of aromatic nitrogens is 3. The number of hydrogen-bond donors (Lipinski definition) is 1. The van der Waals surface area contributed by atoms with Crippen LogP contribution in [0.4, 0.5) is 18.9 Å². The van der Waals surface area contributed by atoms with Gasteiger partial charge in [-0.3, -0.25) is 19.4 Å². The molecule has 0 bridgehead atoms. The van der Waals surface area contributed by atoms with Gasteiger partial charge in [-0.25, -0.2) is 0 Å². The van der Waals surface area contributed by atoms with Crippen molar-refractivity contribution in [2.45, 2.75) is 38.0 Å². The molecule has 2 aromatic heterocycles. The number of amides is 1. The van der Waals surface area contributed by atoms with Crippen molar-refractivity contribution in [3.63, 3.8) is 0 Å². The molecule has 5 rings (SSSR count). The average Bonchev–Trinajstić information content (AvgIpc) is 3.53. The Labute approximate surface area is 195 Å². The second-order valence-corrected chi connectivity index (χ2v) is 8.79. The lowest BCUT2D eigenvalue weighted by Crippen LogP contribution is -2.37. The lowest BCUT2D eigenvalue weighted by molar-refractivity contribution is -0.147. The van der Waals surface area contributed by atoms with Crippen molar-refractivity contribution in [3.8, 4) is 11.1 Å². The lowest BCUT2D eigenvalue weighted by Gasteiger charge is -2.29. The average molecular weight is 467 g/mol. The van der Waals surface area contributed by atoms with Gasteiger partial charge in [0.1, 0.15) is 0 Å². The first kappa shape index (κ1) is 22.3. The molecule has 1 fully saturated rings. The summed E-state index contributed by atoms with van der Waals surface area (Å²) < 4.78 is 40.0. The molecule has 2 aliphatic rings. The van der Waals surface area contributed by atoms with Gasteiger partial charge < -0.3 is 5.32 Å². The van der Waals surface area contributed by atoms with Crippen LogP contribution in [0.1, 0.15) is 35.6 Å². The fraction of sp³-hybridized carbons (Fsp3) is 0.320. The van der Waals surface area contributed by atoms with Crippen LogP contribution in [0.2, 0.25) is 0 Å². The summed E-state index contributed by atoms with van der Waals surface area (Å²) in [7, 11) is 0. The van der Waals surface area contributed by atoms with Crippen molar-refractivity contribution < 1.29 is 18.0 Å². The van der Waals surface area contributed by atoms with E-state index in [0.717, 1.165) is 40.7 Å². The molecule has 0 saturated heterocycles. The van der Waals surface area contributed by atoms with E-state index in [2.05, 4.69) is 15.4 Å². The first-order valence-corrected chi connectivity index (χ1v) is 11.2. The molecular formula is C25H24F3N5O. The Kier molecular flexibility index (Phi) is 5.95. The fourth-order valence-corrected chi connectivity index (χ4v) is 4.25. The minimum absolute atomic E-state index is 0.254. The molecule has 1 aromatic carbocycles. The lowest BCUT2D eigenvalue weighted by atomic mass is 9.99. The fourth-order valence-electron chi connectivity index (χ4n) is 4.25. The van der Waals surface area contributed by atoms with Crippen LogP contribution < -0.4 is 5.32 Å². The Balaban J connectivity index is 1.24. The predicted molar refractivity (Wildman–Crippen MR) is 123 cm³/mol. The van der Waals surface area contributed by atoms with Crippen molar-refractivity contribution in [2.24, 2.45) is 0 Å². The summed E-state index contributed by atoms with van der Waals surface area (Å²) in [6, 6.07) is 7.74. The van der Waals surface area contributed by atoms with Crippen LogP contribution in [0, 0.1) is 0 Å². The van der Waals surface area contributed by atoms with Crippen molar-refractivity contribution in [2.75, 3.05) is 18.4 Å². The predicted octanol–water partition coefficient (Wildman–Crippen LogP) is 4.85. The van der Waals surface area contributed by atoms with Gasteiger partial charge in [0.2, 0.25) is 5.91 Å². The zero-order valence-corrected chi connectivity index (χ0v) is 18.4. The van der Waals surface area contributed by atoms with E-state index in [1.54, 1.807) is 30.6 Å². The highest BCUT2D eigenvalue weighted by Gasteiger charge is 2.32. The number of halogens is 3. The maximum absolute atomic E-state index is 12.7. The molecule has 6 nitrogen and oxygen atoms in total. The Hall–Kier alpha value is -3.46. The van der Waals surface area contributed by atoms with E-state index >= 15 is 0 Å². The first-order chi connectivity index (χ1) is 16.3. The molecule has 3 heterocycles. The Bertz CT molecular complexity index is 1230. The van der Waals surface area contributed by atoms with Gasteiger partial charge in [-0.15, -0.1) is 0 Å². The molecule has 3 aromatic rings. The Morgan fingerprint density at radius 3 is 2.82 bits per heavy atom. The van der Waals surface area contributed by atoms with Crippen molar-refractivity contribution >= 4 is 17.7 Å². The molecule has 1 amide bonds. The van der Waals surface area contributed by atoms with Crippen LogP contribution in [0.5, 0.6) is 0 Å². The summed E-state index contributed by atoms with van der Waals surface area (Å²) in [6.07, 6.45) is 9.06. The zero-order chi connectivity index (χ0) is 23.7. The summed E-state index contributed by atoms with van der Waals surface area (Å²) in [5, 5.41) is 7.28. The van der Waals surface area contributed by atoms with Gasteiger partial charge in [0.05, 0.1) is 18.8 Å². The van der Waals surface area contributed by atoms with Crippen LogP contribution in [0.15, 0.2) is 55.1 Å². The molecule has 9 heteroatoms. The third-order valence-corrected chi connectivity index (χ3v) is 6.07. The third kappa shape index (κ3) is 5.36. The number of carbonyl (C=O) groups excluding carboxylic acids is 1. The maximum atomic E-state index is 12.7. The highest BCUT2D eigenvalue weighted by Crippen LogP contribution is 2.35. The minimum atomic E-state index is -4.20. The van der Waals surface area contributed by atoms with Crippen molar-refractivity contribution in [1.82, 2.24) is 19.7 Å². The minimum Gasteiger partial charge on any atom is -0.323 e.